The highest BCUT2D eigenvalue weighted by Gasteiger charge is 2.37. The van der Waals surface area contributed by atoms with E-state index in [4.69, 9.17) is 5.11 Å². The Balaban J connectivity index is 2.87. The number of rotatable bonds is 3. The fourth-order valence-corrected chi connectivity index (χ4v) is 3.93. The maximum Gasteiger partial charge on any atom is 0.323 e. The van der Waals surface area contributed by atoms with E-state index in [0.717, 1.165) is 0 Å². The van der Waals surface area contributed by atoms with E-state index in [0.29, 0.717) is 6.42 Å². The van der Waals surface area contributed by atoms with Crippen molar-refractivity contribution in [2.24, 2.45) is 0 Å². The van der Waals surface area contributed by atoms with Gasteiger partial charge in [0.25, 0.3) is 0 Å². The SMILES string of the molecule is CN(C(=O)N(CC(=O)O)C(C)(C)C)C1CCS(=O)(=O)C1. The van der Waals surface area contributed by atoms with Crippen molar-refractivity contribution in [2.75, 3.05) is 25.1 Å². The van der Waals surface area contributed by atoms with E-state index >= 15 is 0 Å². The standard InChI is InChI=1S/C12H22N2O5S/c1-12(2,3)14(7-10(15)16)11(17)13(4)9-5-6-20(18,19)8-9/h9H,5-8H2,1-4H3,(H,15,16). The van der Waals surface area contributed by atoms with Gasteiger partial charge >= 0.3 is 12.0 Å². The quantitative estimate of drug-likeness (QED) is 0.815. The molecule has 0 radical (unpaired) electrons. The van der Waals surface area contributed by atoms with Gasteiger partial charge in [-0.15, -0.1) is 0 Å². The van der Waals surface area contributed by atoms with Gasteiger partial charge in [-0.3, -0.25) is 4.79 Å². The topological polar surface area (TPSA) is 95.0 Å². The molecule has 20 heavy (non-hydrogen) atoms. The summed E-state index contributed by atoms with van der Waals surface area (Å²) < 4.78 is 22.9. The van der Waals surface area contributed by atoms with Crippen molar-refractivity contribution in [1.82, 2.24) is 9.80 Å². The maximum atomic E-state index is 12.4. The lowest BCUT2D eigenvalue weighted by molar-refractivity contribution is -0.138. The molecule has 0 aromatic carbocycles. The highest BCUT2D eigenvalue weighted by Crippen LogP contribution is 2.21. The van der Waals surface area contributed by atoms with Crippen molar-refractivity contribution in [3.8, 4) is 0 Å². The van der Waals surface area contributed by atoms with Crippen LogP contribution < -0.4 is 0 Å². The highest BCUT2D eigenvalue weighted by molar-refractivity contribution is 7.91. The average Bonchev–Trinajstić information content (AvgIpc) is 2.63. The van der Waals surface area contributed by atoms with Gasteiger partial charge in [-0.2, -0.15) is 0 Å². The molecule has 8 heteroatoms. The van der Waals surface area contributed by atoms with Crippen LogP contribution in [0.1, 0.15) is 27.2 Å². The molecule has 1 fully saturated rings. The molecule has 0 spiro atoms. The Hall–Kier alpha value is -1.31. The third kappa shape index (κ3) is 4.09. The van der Waals surface area contributed by atoms with Crippen LogP contribution in [0.3, 0.4) is 0 Å². The molecule has 1 atom stereocenters. The van der Waals surface area contributed by atoms with E-state index < -0.39 is 33.9 Å². The van der Waals surface area contributed by atoms with Gasteiger partial charge in [-0.1, -0.05) is 0 Å². The Labute approximate surface area is 119 Å². The minimum absolute atomic E-state index is 0.0553. The average molecular weight is 306 g/mol. The number of hydrogen-bond acceptors (Lipinski definition) is 4. The number of carboxylic acids is 1. The van der Waals surface area contributed by atoms with Crippen LogP contribution in [0.4, 0.5) is 4.79 Å². The van der Waals surface area contributed by atoms with Gasteiger partial charge in [0.1, 0.15) is 6.54 Å². The molecule has 1 aliphatic heterocycles. The largest absolute Gasteiger partial charge is 0.480 e. The van der Waals surface area contributed by atoms with Crippen LogP contribution in [0.25, 0.3) is 0 Å². The van der Waals surface area contributed by atoms with Crippen LogP contribution in [0.5, 0.6) is 0 Å². The summed E-state index contributed by atoms with van der Waals surface area (Å²) in [4.78, 5) is 25.9. The maximum absolute atomic E-state index is 12.4. The molecule has 1 saturated heterocycles. The molecular formula is C12H22N2O5S. The molecule has 1 aliphatic rings. The van der Waals surface area contributed by atoms with Gasteiger partial charge in [-0.05, 0) is 27.2 Å². The molecule has 0 aromatic heterocycles. The molecule has 7 nitrogen and oxygen atoms in total. The van der Waals surface area contributed by atoms with Crippen LogP contribution in [0.2, 0.25) is 0 Å². The molecule has 1 N–H and O–H groups in total. The number of carboxylic acid groups (broad SMARTS) is 1. The molecule has 2 amide bonds. The van der Waals surface area contributed by atoms with E-state index in [1.54, 1.807) is 20.8 Å². The third-order valence-electron chi connectivity index (χ3n) is 3.39. The minimum atomic E-state index is -3.09. The van der Waals surface area contributed by atoms with Crippen molar-refractivity contribution in [3.63, 3.8) is 0 Å². The summed E-state index contributed by atoms with van der Waals surface area (Å²) in [5.41, 5.74) is -0.652. The van der Waals surface area contributed by atoms with Gasteiger partial charge in [0, 0.05) is 18.6 Å². The summed E-state index contributed by atoms with van der Waals surface area (Å²) in [5, 5.41) is 8.92. The molecule has 1 rings (SSSR count). The smallest absolute Gasteiger partial charge is 0.323 e. The number of sulfone groups is 1. The molecule has 0 bridgehead atoms. The molecule has 1 heterocycles. The first-order valence-electron chi connectivity index (χ1n) is 6.41. The first-order chi connectivity index (χ1) is 8.94. The lowest BCUT2D eigenvalue weighted by Crippen LogP contribution is -2.55. The lowest BCUT2D eigenvalue weighted by atomic mass is 10.1. The van der Waals surface area contributed by atoms with Gasteiger partial charge in [-0.25, -0.2) is 13.2 Å². The molecular weight excluding hydrogens is 284 g/mol. The molecule has 0 saturated carbocycles. The Morgan fingerprint density at radius 3 is 2.20 bits per heavy atom. The van der Waals surface area contributed by atoms with Crippen molar-refractivity contribution in [1.29, 1.82) is 0 Å². The molecule has 1 unspecified atom stereocenters. The Morgan fingerprint density at radius 2 is 1.85 bits per heavy atom. The lowest BCUT2D eigenvalue weighted by Gasteiger charge is -2.38. The first kappa shape index (κ1) is 16.7. The van der Waals surface area contributed by atoms with E-state index in [1.165, 1.54) is 16.8 Å². The number of carbonyl (C=O) groups is 2. The number of aliphatic carboxylic acids is 1. The normalized spacial score (nSPS) is 21.5. The fourth-order valence-electron chi connectivity index (χ4n) is 2.15. The van der Waals surface area contributed by atoms with Gasteiger partial charge in [0.05, 0.1) is 11.5 Å². The highest BCUT2D eigenvalue weighted by atomic mass is 32.2. The van der Waals surface area contributed by atoms with E-state index in [1.807, 2.05) is 0 Å². The van der Waals surface area contributed by atoms with Gasteiger partial charge < -0.3 is 14.9 Å². The van der Waals surface area contributed by atoms with Crippen molar-refractivity contribution in [2.45, 2.75) is 38.8 Å². The zero-order valence-electron chi connectivity index (χ0n) is 12.3. The number of nitrogens with zero attached hydrogens (tertiary/aromatic N) is 2. The summed E-state index contributed by atoms with van der Waals surface area (Å²) in [5.74, 6) is -1.08. The predicted octanol–water partition coefficient (Wildman–Crippen LogP) is 0.410. The van der Waals surface area contributed by atoms with Crippen LogP contribution in [0.15, 0.2) is 0 Å². The summed E-state index contributed by atoms with van der Waals surface area (Å²) in [7, 11) is -1.56. The van der Waals surface area contributed by atoms with Gasteiger partial charge in [0.2, 0.25) is 0 Å². The molecule has 116 valence electrons. The second kappa shape index (κ2) is 5.59. The monoisotopic (exact) mass is 306 g/mol. The number of amides is 2. The Bertz CT molecular complexity index is 494. The summed E-state index contributed by atoms with van der Waals surface area (Å²) >= 11 is 0. The fraction of sp³-hybridized carbons (Fsp3) is 0.833. The van der Waals surface area contributed by atoms with Crippen molar-refractivity contribution >= 4 is 21.8 Å². The number of urea groups is 1. The summed E-state index contributed by atoms with van der Waals surface area (Å²) in [6.07, 6.45) is 0.398. The zero-order valence-corrected chi connectivity index (χ0v) is 13.1. The van der Waals surface area contributed by atoms with Crippen molar-refractivity contribution in [3.05, 3.63) is 0 Å². The Kier molecular flexibility index (Phi) is 4.68. The molecule has 0 aliphatic carbocycles. The summed E-state index contributed by atoms with van der Waals surface area (Å²) in [6, 6.07) is -0.840. The van der Waals surface area contributed by atoms with Crippen LogP contribution >= 0.6 is 0 Å². The second-order valence-corrected chi connectivity index (χ2v) is 8.33. The zero-order chi connectivity index (χ0) is 15.7. The van der Waals surface area contributed by atoms with E-state index in [2.05, 4.69) is 0 Å². The minimum Gasteiger partial charge on any atom is -0.480 e. The first-order valence-corrected chi connectivity index (χ1v) is 8.23. The van der Waals surface area contributed by atoms with Crippen LogP contribution in [-0.4, -0.2) is 72.0 Å². The van der Waals surface area contributed by atoms with E-state index in [9.17, 15) is 18.0 Å². The third-order valence-corrected chi connectivity index (χ3v) is 5.14. The van der Waals surface area contributed by atoms with E-state index in [-0.39, 0.29) is 17.5 Å². The number of hydrogen-bond donors (Lipinski definition) is 1. The number of carbonyl (C=O) groups excluding carboxylic acids is 1. The Morgan fingerprint density at radius 1 is 1.30 bits per heavy atom. The van der Waals surface area contributed by atoms with Crippen LogP contribution in [0, 0.1) is 0 Å². The second-order valence-electron chi connectivity index (χ2n) is 6.10. The predicted molar refractivity (Wildman–Crippen MR) is 74.3 cm³/mol. The van der Waals surface area contributed by atoms with Gasteiger partial charge in [0.15, 0.2) is 9.84 Å². The molecule has 0 aromatic rings. The van der Waals surface area contributed by atoms with Crippen LogP contribution in [-0.2, 0) is 14.6 Å². The van der Waals surface area contributed by atoms with Crippen molar-refractivity contribution < 1.29 is 23.1 Å². The summed E-state index contributed by atoms with van der Waals surface area (Å²) in [6.45, 7) is 4.82.